The highest BCUT2D eigenvalue weighted by Gasteiger charge is 2.26. The second-order valence-electron chi connectivity index (χ2n) is 7.26. The number of benzene rings is 2. The minimum absolute atomic E-state index is 0.140. The molecule has 1 fully saturated rings. The molecule has 142 valence electrons. The number of hydrogen-bond acceptors (Lipinski definition) is 4. The van der Waals surface area contributed by atoms with Crippen LogP contribution >= 0.6 is 0 Å². The lowest BCUT2D eigenvalue weighted by molar-refractivity contribution is -0.137. The van der Waals surface area contributed by atoms with Crippen LogP contribution in [-0.2, 0) is 9.53 Å². The average molecular weight is 367 g/mol. The number of piperidine rings is 1. The third-order valence-electron chi connectivity index (χ3n) is 4.60. The van der Waals surface area contributed by atoms with Crippen molar-refractivity contribution in [3.8, 4) is 11.5 Å². The van der Waals surface area contributed by atoms with E-state index in [2.05, 4.69) is 13.8 Å². The fraction of sp³-hybridized carbons (Fsp3) is 0.364. The fourth-order valence-corrected chi connectivity index (χ4v) is 3.48. The Morgan fingerprint density at radius 3 is 2.33 bits per heavy atom. The molecule has 1 aliphatic heterocycles. The van der Waals surface area contributed by atoms with Crippen molar-refractivity contribution < 1.29 is 19.1 Å². The topological polar surface area (TPSA) is 55.8 Å². The Kier molecular flexibility index (Phi) is 6.12. The van der Waals surface area contributed by atoms with E-state index in [1.807, 2.05) is 30.3 Å². The van der Waals surface area contributed by atoms with Gasteiger partial charge in [0.15, 0.2) is 6.61 Å². The molecule has 1 aliphatic rings. The van der Waals surface area contributed by atoms with E-state index in [1.165, 1.54) is 0 Å². The summed E-state index contributed by atoms with van der Waals surface area (Å²) in [6.45, 7) is 5.49. The lowest BCUT2D eigenvalue weighted by atomic mass is 9.92. The molecular formula is C22H25NO4. The Hall–Kier alpha value is -2.82. The van der Waals surface area contributed by atoms with Crippen molar-refractivity contribution >= 4 is 11.9 Å². The Morgan fingerprint density at radius 2 is 1.63 bits per heavy atom. The van der Waals surface area contributed by atoms with Gasteiger partial charge >= 0.3 is 5.97 Å². The van der Waals surface area contributed by atoms with Crippen molar-refractivity contribution in [2.75, 3.05) is 19.7 Å². The van der Waals surface area contributed by atoms with Crippen LogP contribution in [0.5, 0.6) is 11.5 Å². The fourth-order valence-electron chi connectivity index (χ4n) is 3.48. The number of nitrogens with zero attached hydrogens (tertiary/aromatic N) is 1. The van der Waals surface area contributed by atoms with Gasteiger partial charge < -0.3 is 14.4 Å². The summed E-state index contributed by atoms with van der Waals surface area (Å²) in [7, 11) is 0. The molecule has 3 rings (SSSR count). The van der Waals surface area contributed by atoms with Gasteiger partial charge in [-0.3, -0.25) is 4.79 Å². The summed E-state index contributed by atoms with van der Waals surface area (Å²) in [5, 5.41) is 0. The quantitative estimate of drug-likeness (QED) is 0.745. The minimum atomic E-state index is -0.528. The van der Waals surface area contributed by atoms with Crippen molar-refractivity contribution in [2.45, 2.75) is 20.3 Å². The lowest BCUT2D eigenvalue weighted by Gasteiger charge is -2.34. The van der Waals surface area contributed by atoms with Gasteiger partial charge in [0.25, 0.3) is 5.91 Å². The van der Waals surface area contributed by atoms with Crippen LogP contribution in [-0.4, -0.2) is 36.5 Å². The second-order valence-corrected chi connectivity index (χ2v) is 7.26. The van der Waals surface area contributed by atoms with Crippen LogP contribution in [0.15, 0.2) is 54.6 Å². The van der Waals surface area contributed by atoms with Crippen molar-refractivity contribution in [1.82, 2.24) is 4.90 Å². The smallest absolute Gasteiger partial charge is 0.338 e. The largest absolute Gasteiger partial charge is 0.457 e. The molecule has 1 heterocycles. The SMILES string of the molecule is C[C@@H]1C[C@@H](C)CN(C(=O)COC(=O)c2cccc(Oc3ccccc3)c2)C1. The van der Waals surface area contributed by atoms with Crippen molar-refractivity contribution in [3.05, 3.63) is 60.2 Å². The van der Waals surface area contributed by atoms with Gasteiger partial charge in [-0.1, -0.05) is 38.1 Å². The molecule has 1 amide bonds. The van der Waals surface area contributed by atoms with Crippen LogP contribution in [0.25, 0.3) is 0 Å². The molecule has 0 radical (unpaired) electrons. The highest BCUT2D eigenvalue weighted by atomic mass is 16.5. The molecule has 0 aliphatic carbocycles. The normalized spacial score (nSPS) is 19.4. The molecule has 0 bridgehead atoms. The number of hydrogen-bond donors (Lipinski definition) is 0. The Labute approximate surface area is 159 Å². The first-order valence-electron chi connectivity index (χ1n) is 9.29. The molecular weight excluding hydrogens is 342 g/mol. The number of esters is 1. The molecule has 0 N–H and O–H groups in total. The summed E-state index contributed by atoms with van der Waals surface area (Å²) in [5.74, 6) is 1.51. The molecule has 0 unspecified atom stereocenters. The molecule has 2 aromatic carbocycles. The van der Waals surface area contributed by atoms with Gasteiger partial charge in [-0.15, -0.1) is 0 Å². The standard InChI is InChI=1S/C22H25NO4/c1-16-11-17(2)14-23(13-16)21(24)15-26-22(25)18-7-6-10-20(12-18)27-19-8-4-3-5-9-19/h3-10,12,16-17H,11,13-15H2,1-2H3/t16-,17-/m1/s1. The van der Waals surface area contributed by atoms with E-state index < -0.39 is 5.97 Å². The third-order valence-corrected chi connectivity index (χ3v) is 4.60. The molecule has 0 spiro atoms. The van der Waals surface area contributed by atoms with Gasteiger partial charge in [-0.25, -0.2) is 4.79 Å². The van der Waals surface area contributed by atoms with Crippen LogP contribution < -0.4 is 4.74 Å². The van der Waals surface area contributed by atoms with E-state index >= 15 is 0 Å². The Morgan fingerprint density at radius 1 is 0.963 bits per heavy atom. The van der Waals surface area contributed by atoms with E-state index in [0.717, 1.165) is 19.5 Å². The number of carbonyl (C=O) groups excluding carboxylic acids is 2. The van der Waals surface area contributed by atoms with Crippen LogP contribution in [0.4, 0.5) is 0 Å². The molecule has 27 heavy (non-hydrogen) atoms. The molecule has 2 atom stereocenters. The van der Waals surface area contributed by atoms with E-state index in [9.17, 15) is 9.59 Å². The number of ether oxygens (including phenoxy) is 2. The maximum atomic E-state index is 12.4. The van der Waals surface area contributed by atoms with Crippen molar-refractivity contribution in [2.24, 2.45) is 11.8 Å². The van der Waals surface area contributed by atoms with Crippen LogP contribution in [0.3, 0.4) is 0 Å². The van der Waals surface area contributed by atoms with Crippen molar-refractivity contribution in [1.29, 1.82) is 0 Å². The average Bonchev–Trinajstić information content (AvgIpc) is 2.66. The first-order chi connectivity index (χ1) is 13.0. The first kappa shape index (κ1) is 19.0. The number of rotatable bonds is 5. The first-order valence-corrected chi connectivity index (χ1v) is 9.29. The zero-order valence-electron chi connectivity index (χ0n) is 15.8. The van der Waals surface area contributed by atoms with Crippen LogP contribution in [0.2, 0.25) is 0 Å². The third kappa shape index (κ3) is 5.33. The van der Waals surface area contributed by atoms with Gasteiger partial charge in [0.2, 0.25) is 0 Å². The number of para-hydroxylation sites is 1. The van der Waals surface area contributed by atoms with Gasteiger partial charge in [0.05, 0.1) is 5.56 Å². The summed E-state index contributed by atoms with van der Waals surface area (Å²) in [5.41, 5.74) is 0.358. The zero-order valence-corrected chi connectivity index (χ0v) is 15.8. The molecule has 0 aromatic heterocycles. The van der Waals surface area contributed by atoms with Gasteiger partial charge in [-0.05, 0) is 48.6 Å². The summed E-state index contributed by atoms with van der Waals surface area (Å²) < 4.78 is 11.0. The van der Waals surface area contributed by atoms with Gasteiger partial charge in [0.1, 0.15) is 11.5 Å². The van der Waals surface area contributed by atoms with E-state index in [4.69, 9.17) is 9.47 Å². The maximum absolute atomic E-state index is 12.4. The van der Waals surface area contributed by atoms with Crippen LogP contribution in [0.1, 0.15) is 30.6 Å². The predicted molar refractivity (Wildman–Crippen MR) is 103 cm³/mol. The van der Waals surface area contributed by atoms with Gasteiger partial charge in [-0.2, -0.15) is 0 Å². The second kappa shape index (κ2) is 8.71. The lowest BCUT2D eigenvalue weighted by Crippen LogP contribution is -2.44. The molecule has 0 saturated carbocycles. The minimum Gasteiger partial charge on any atom is -0.457 e. The molecule has 5 nitrogen and oxygen atoms in total. The summed E-state index contributed by atoms with van der Waals surface area (Å²) in [4.78, 5) is 26.5. The molecule has 2 aromatic rings. The Balaban J connectivity index is 1.56. The van der Waals surface area contributed by atoms with Gasteiger partial charge in [0, 0.05) is 13.1 Å². The zero-order chi connectivity index (χ0) is 19.2. The Bertz CT molecular complexity index is 780. The summed E-state index contributed by atoms with van der Waals surface area (Å²) in [6, 6.07) is 16.1. The van der Waals surface area contributed by atoms with Crippen LogP contribution in [0, 0.1) is 11.8 Å². The monoisotopic (exact) mass is 367 g/mol. The number of likely N-dealkylation sites (tertiary alicyclic amines) is 1. The van der Waals surface area contributed by atoms with E-state index in [-0.39, 0.29) is 12.5 Å². The highest BCUT2D eigenvalue weighted by Crippen LogP contribution is 2.23. The maximum Gasteiger partial charge on any atom is 0.338 e. The van der Waals surface area contributed by atoms with E-state index in [1.54, 1.807) is 29.2 Å². The number of amides is 1. The summed E-state index contributed by atoms with van der Waals surface area (Å²) >= 11 is 0. The molecule has 5 heteroatoms. The number of carbonyl (C=O) groups is 2. The highest BCUT2D eigenvalue weighted by molar-refractivity contribution is 5.91. The van der Waals surface area contributed by atoms with Crippen molar-refractivity contribution in [3.63, 3.8) is 0 Å². The molecule has 1 saturated heterocycles. The summed E-state index contributed by atoms with van der Waals surface area (Å²) in [6.07, 6.45) is 1.12. The predicted octanol–water partition coefficient (Wildman–Crippen LogP) is 4.14. The van der Waals surface area contributed by atoms with E-state index in [0.29, 0.717) is 28.9 Å².